The number of rotatable bonds is 6. The number of likely N-dealkylation sites (tertiary alicyclic amines) is 1. The number of nitrogens with one attached hydrogen (secondary N) is 1. The minimum atomic E-state index is -0.460. The van der Waals surface area contributed by atoms with E-state index >= 15 is 0 Å². The van der Waals surface area contributed by atoms with Crippen molar-refractivity contribution in [3.8, 4) is 0 Å². The van der Waals surface area contributed by atoms with Gasteiger partial charge < -0.3 is 10.6 Å². The molecular weight excluding hydrogens is 250 g/mol. The Morgan fingerprint density at radius 3 is 2.25 bits per heavy atom. The Labute approximate surface area is 122 Å². The molecule has 2 saturated carbocycles. The molecule has 3 aliphatic rings. The highest BCUT2D eigenvalue weighted by molar-refractivity contribution is 5.86. The molecule has 0 aromatic rings. The molecule has 20 heavy (non-hydrogen) atoms. The molecule has 3 atom stereocenters. The van der Waals surface area contributed by atoms with Crippen molar-refractivity contribution in [1.29, 1.82) is 0 Å². The second-order valence-corrected chi connectivity index (χ2v) is 7.67. The Morgan fingerprint density at radius 2 is 1.80 bits per heavy atom. The van der Waals surface area contributed by atoms with E-state index in [1.165, 1.54) is 19.3 Å². The number of hydrogen-bond donors (Lipinski definition) is 2. The lowest BCUT2D eigenvalue weighted by Crippen LogP contribution is -2.64. The zero-order chi connectivity index (χ0) is 14.3. The van der Waals surface area contributed by atoms with Crippen molar-refractivity contribution < 1.29 is 4.79 Å². The minimum Gasteiger partial charge on any atom is -0.368 e. The standard InChI is InChI=1S/C16H29N3O/c1-11-7-12(2)9-19(8-11)10-16(15(17)20,13-3-4-13)18-14-5-6-14/h11-14,18H,3-10H2,1-2H3,(H2,17,20). The Balaban J connectivity index is 1.73. The molecule has 4 nitrogen and oxygen atoms in total. The van der Waals surface area contributed by atoms with Crippen LogP contribution < -0.4 is 11.1 Å². The molecule has 1 saturated heterocycles. The van der Waals surface area contributed by atoms with Gasteiger partial charge in [-0.1, -0.05) is 13.8 Å². The maximum Gasteiger partial charge on any atom is 0.239 e. The summed E-state index contributed by atoms with van der Waals surface area (Å²) in [4.78, 5) is 14.7. The Hall–Kier alpha value is -0.610. The quantitative estimate of drug-likeness (QED) is 0.771. The molecule has 4 heteroatoms. The summed E-state index contributed by atoms with van der Waals surface area (Å²) in [5.74, 6) is 1.79. The second-order valence-electron chi connectivity index (χ2n) is 7.67. The third-order valence-corrected chi connectivity index (χ3v) is 5.17. The van der Waals surface area contributed by atoms with Gasteiger partial charge in [0, 0.05) is 25.7 Å². The average Bonchev–Trinajstić information content (AvgIpc) is 3.21. The van der Waals surface area contributed by atoms with Crippen LogP contribution in [0.5, 0.6) is 0 Å². The fraction of sp³-hybridized carbons (Fsp3) is 0.938. The molecule has 1 heterocycles. The minimum absolute atomic E-state index is 0.127. The Morgan fingerprint density at radius 1 is 1.20 bits per heavy atom. The van der Waals surface area contributed by atoms with Crippen molar-refractivity contribution in [3.05, 3.63) is 0 Å². The number of nitrogens with zero attached hydrogens (tertiary/aromatic N) is 1. The molecule has 0 bridgehead atoms. The van der Waals surface area contributed by atoms with Crippen LogP contribution in [0.2, 0.25) is 0 Å². The first-order valence-electron chi connectivity index (χ1n) is 8.29. The van der Waals surface area contributed by atoms with E-state index in [1.807, 2.05) is 0 Å². The van der Waals surface area contributed by atoms with E-state index in [9.17, 15) is 4.79 Å². The van der Waals surface area contributed by atoms with Gasteiger partial charge in [0.2, 0.25) is 5.91 Å². The zero-order valence-electron chi connectivity index (χ0n) is 12.9. The van der Waals surface area contributed by atoms with Crippen molar-refractivity contribution >= 4 is 5.91 Å². The highest BCUT2D eigenvalue weighted by atomic mass is 16.1. The molecular formula is C16H29N3O. The molecule has 3 fully saturated rings. The van der Waals surface area contributed by atoms with Gasteiger partial charge in [-0.25, -0.2) is 0 Å². The maximum absolute atomic E-state index is 12.2. The van der Waals surface area contributed by atoms with Crippen LogP contribution in [0.15, 0.2) is 0 Å². The summed E-state index contributed by atoms with van der Waals surface area (Å²) in [6, 6.07) is 0.530. The van der Waals surface area contributed by atoms with Crippen molar-refractivity contribution in [2.75, 3.05) is 19.6 Å². The van der Waals surface area contributed by atoms with Gasteiger partial charge in [-0.3, -0.25) is 10.1 Å². The van der Waals surface area contributed by atoms with Gasteiger partial charge in [-0.05, 0) is 49.9 Å². The predicted molar refractivity (Wildman–Crippen MR) is 80.2 cm³/mol. The van der Waals surface area contributed by atoms with Crippen molar-refractivity contribution in [2.24, 2.45) is 23.5 Å². The van der Waals surface area contributed by atoms with Crippen LogP contribution in [0.4, 0.5) is 0 Å². The Bertz CT molecular complexity index is 368. The lowest BCUT2D eigenvalue weighted by Gasteiger charge is -2.42. The largest absolute Gasteiger partial charge is 0.368 e. The molecule has 0 aromatic heterocycles. The van der Waals surface area contributed by atoms with Gasteiger partial charge in [0.1, 0.15) is 5.54 Å². The van der Waals surface area contributed by atoms with Gasteiger partial charge >= 0.3 is 0 Å². The summed E-state index contributed by atoms with van der Waals surface area (Å²) in [6.07, 6.45) is 6.02. The fourth-order valence-electron chi connectivity index (χ4n) is 4.08. The van der Waals surface area contributed by atoms with Crippen LogP contribution in [0.3, 0.4) is 0 Å². The number of primary amides is 1. The van der Waals surface area contributed by atoms with Crippen LogP contribution in [0.1, 0.15) is 46.0 Å². The van der Waals surface area contributed by atoms with E-state index in [0.717, 1.165) is 44.3 Å². The van der Waals surface area contributed by atoms with Crippen molar-refractivity contribution in [2.45, 2.75) is 57.5 Å². The number of carbonyl (C=O) groups is 1. The van der Waals surface area contributed by atoms with Crippen LogP contribution in [0, 0.1) is 17.8 Å². The summed E-state index contributed by atoms with van der Waals surface area (Å²) in [5.41, 5.74) is 5.39. The van der Waals surface area contributed by atoms with Gasteiger partial charge in [-0.15, -0.1) is 0 Å². The summed E-state index contributed by atoms with van der Waals surface area (Å²) >= 11 is 0. The molecule has 0 aromatic carbocycles. The van der Waals surface area contributed by atoms with Crippen LogP contribution in [-0.2, 0) is 4.79 Å². The third kappa shape index (κ3) is 3.01. The molecule has 1 aliphatic heterocycles. The molecule has 114 valence electrons. The first-order valence-corrected chi connectivity index (χ1v) is 8.29. The first-order chi connectivity index (χ1) is 9.49. The van der Waals surface area contributed by atoms with Crippen LogP contribution in [-0.4, -0.2) is 42.0 Å². The number of hydrogen-bond acceptors (Lipinski definition) is 3. The van der Waals surface area contributed by atoms with Crippen molar-refractivity contribution in [3.63, 3.8) is 0 Å². The SMILES string of the molecule is CC1CC(C)CN(CC(NC2CC2)(C(N)=O)C2CC2)C1. The van der Waals surface area contributed by atoms with Crippen LogP contribution >= 0.6 is 0 Å². The smallest absolute Gasteiger partial charge is 0.239 e. The topological polar surface area (TPSA) is 58.4 Å². The van der Waals surface area contributed by atoms with Gasteiger partial charge in [0.25, 0.3) is 0 Å². The molecule has 0 radical (unpaired) electrons. The molecule has 1 amide bonds. The van der Waals surface area contributed by atoms with E-state index < -0.39 is 5.54 Å². The van der Waals surface area contributed by atoms with Gasteiger partial charge in [-0.2, -0.15) is 0 Å². The molecule has 3 unspecified atom stereocenters. The Kier molecular flexibility index (Phi) is 3.80. The lowest BCUT2D eigenvalue weighted by atomic mass is 9.87. The summed E-state index contributed by atoms with van der Waals surface area (Å²) in [6.45, 7) is 7.68. The predicted octanol–water partition coefficient (Wildman–Crippen LogP) is 1.35. The second kappa shape index (κ2) is 5.30. The zero-order valence-corrected chi connectivity index (χ0v) is 12.9. The molecule has 2 aliphatic carbocycles. The molecule has 3 N–H and O–H groups in total. The molecule has 0 spiro atoms. The highest BCUT2D eigenvalue weighted by Gasteiger charge is 2.52. The van der Waals surface area contributed by atoms with E-state index in [-0.39, 0.29) is 5.91 Å². The van der Waals surface area contributed by atoms with E-state index in [0.29, 0.717) is 12.0 Å². The summed E-state index contributed by atoms with van der Waals surface area (Å²) in [7, 11) is 0. The van der Waals surface area contributed by atoms with Crippen LogP contribution in [0.25, 0.3) is 0 Å². The van der Waals surface area contributed by atoms with Gasteiger partial charge in [0.05, 0.1) is 0 Å². The average molecular weight is 279 g/mol. The number of piperidine rings is 1. The maximum atomic E-state index is 12.2. The summed E-state index contributed by atoms with van der Waals surface area (Å²) in [5, 5.41) is 3.63. The summed E-state index contributed by atoms with van der Waals surface area (Å²) < 4.78 is 0. The number of nitrogens with two attached hydrogens (primary N) is 1. The third-order valence-electron chi connectivity index (χ3n) is 5.17. The van der Waals surface area contributed by atoms with E-state index in [1.54, 1.807) is 0 Å². The fourth-order valence-corrected chi connectivity index (χ4v) is 4.08. The highest BCUT2D eigenvalue weighted by Crippen LogP contribution is 2.42. The van der Waals surface area contributed by atoms with E-state index in [4.69, 9.17) is 5.73 Å². The first kappa shape index (κ1) is 14.3. The van der Waals surface area contributed by atoms with Crippen molar-refractivity contribution in [1.82, 2.24) is 10.2 Å². The van der Waals surface area contributed by atoms with E-state index in [2.05, 4.69) is 24.1 Å². The lowest BCUT2D eigenvalue weighted by molar-refractivity contribution is -0.126. The molecule has 3 rings (SSSR count). The monoisotopic (exact) mass is 279 g/mol. The number of amides is 1. The van der Waals surface area contributed by atoms with Gasteiger partial charge in [0.15, 0.2) is 0 Å². The normalized spacial score (nSPS) is 34.7. The number of carbonyl (C=O) groups excluding carboxylic acids is 1.